The van der Waals surface area contributed by atoms with Crippen molar-refractivity contribution in [3.05, 3.63) is 76.2 Å². The highest BCUT2D eigenvalue weighted by Crippen LogP contribution is 2.23. The number of nitrogens with one attached hydrogen (secondary N) is 3. The molecule has 1 aromatic heterocycles. The van der Waals surface area contributed by atoms with Gasteiger partial charge >= 0.3 is 6.03 Å². The van der Waals surface area contributed by atoms with E-state index in [1.807, 2.05) is 6.07 Å². The fourth-order valence-electron chi connectivity index (χ4n) is 2.59. The largest absolute Gasteiger partial charge is 0.331 e. The molecule has 5 nitrogen and oxygen atoms in total. The van der Waals surface area contributed by atoms with Crippen LogP contribution in [0.2, 0.25) is 0 Å². The minimum absolute atomic E-state index is 0.0218. The van der Waals surface area contributed by atoms with Crippen LogP contribution in [0.15, 0.2) is 53.5 Å². The molecule has 3 rings (SSSR count). The van der Waals surface area contributed by atoms with E-state index in [9.17, 15) is 18.4 Å². The van der Waals surface area contributed by atoms with Crippen LogP contribution in [-0.4, -0.2) is 11.0 Å². The Hall–Kier alpha value is -3.22. The third-order valence-electron chi connectivity index (χ3n) is 3.82. The smallest absolute Gasteiger partial charge is 0.319 e. The molecule has 0 aliphatic heterocycles. The molecule has 0 fully saturated rings. The van der Waals surface area contributed by atoms with E-state index in [-0.39, 0.29) is 10.8 Å². The summed E-state index contributed by atoms with van der Waals surface area (Å²) in [5.41, 5.74) is 0.557. The summed E-state index contributed by atoms with van der Waals surface area (Å²) >= 11 is 0. The normalized spacial score (nSPS) is 12.0. The van der Waals surface area contributed by atoms with E-state index in [2.05, 4.69) is 15.6 Å². The Morgan fingerprint density at radius 1 is 1.08 bits per heavy atom. The van der Waals surface area contributed by atoms with Crippen molar-refractivity contribution in [2.75, 3.05) is 5.32 Å². The van der Waals surface area contributed by atoms with Gasteiger partial charge in [0.15, 0.2) is 11.6 Å². The Balaban J connectivity index is 1.88. The van der Waals surface area contributed by atoms with Crippen LogP contribution in [0.3, 0.4) is 0 Å². The molecular formula is C18H15F2N3O2. The first-order valence-electron chi connectivity index (χ1n) is 7.58. The minimum Gasteiger partial charge on any atom is -0.331 e. The number of hydrogen-bond donors (Lipinski definition) is 3. The number of benzene rings is 2. The predicted molar refractivity (Wildman–Crippen MR) is 91.5 cm³/mol. The van der Waals surface area contributed by atoms with Gasteiger partial charge in [0.25, 0.3) is 5.56 Å². The number of para-hydroxylation sites is 1. The summed E-state index contributed by atoms with van der Waals surface area (Å²) in [6.45, 7) is 1.68. The molecule has 3 N–H and O–H groups in total. The number of anilines is 1. The lowest BCUT2D eigenvalue weighted by atomic mass is 10.0. The van der Waals surface area contributed by atoms with Gasteiger partial charge in [0.05, 0.1) is 11.4 Å². The number of rotatable bonds is 3. The second-order valence-electron chi connectivity index (χ2n) is 5.57. The number of urea groups is 1. The topological polar surface area (TPSA) is 74.0 Å². The van der Waals surface area contributed by atoms with Gasteiger partial charge in [0.2, 0.25) is 0 Å². The highest BCUT2D eigenvalue weighted by Gasteiger charge is 2.16. The lowest BCUT2D eigenvalue weighted by molar-refractivity contribution is 0.249. The van der Waals surface area contributed by atoms with Gasteiger partial charge in [-0.1, -0.05) is 18.2 Å². The number of carbonyl (C=O) groups is 1. The van der Waals surface area contributed by atoms with Gasteiger partial charge in [-0.3, -0.25) is 4.79 Å². The second kappa shape index (κ2) is 6.72. The zero-order valence-electron chi connectivity index (χ0n) is 13.3. The number of H-pyrrole nitrogens is 1. The quantitative estimate of drug-likeness (QED) is 0.678. The molecule has 0 bridgehead atoms. The van der Waals surface area contributed by atoms with E-state index in [1.165, 1.54) is 6.20 Å². The molecule has 7 heteroatoms. The maximum absolute atomic E-state index is 13.6. The Kier molecular flexibility index (Phi) is 4.47. The number of aromatic amines is 1. The number of hydrogen-bond acceptors (Lipinski definition) is 2. The second-order valence-corrected chi connectivity index (χ2v) is 5.57. The number of amides is 2. The molecule has 3 aromatic rings. The van der Waals surface area contributed by atoms with Crippen LogP contribution < -0.4 is 16.2 Å². The van der Waals surface area contributed by atoms with Crippen LogP contribution in [0.4, 0.5) is 19.3 Å². The maximum atomic E-state index is 13.6. The van der Waals surface area contributed by atoms with Crippen molar-refractivity contribution in [2.45, 2.75) is 13.0 Å². The first-order valence-corrected chi connectivity index (χ1v) is 7.58. The molecule has 128 valence electrons. The number of carbonyl (C=O) groups excluding carboxylic acids is 1. The van der Waals surface area contributed by atoms with Crippen molar-refractivity contribution in [1.82, 2.24) is 10.3 Å². The van der Waals surface area contributed by atoms with E-state index in [4.69, 9.17) is 0 Å². The van der Waals surface area contributed by atoms with Crippen molar-refractivity contribution in [3.63, 3.8) is 0 Å². The van der Waals surface area contributed by atoms with Crippen molar-refractivity contribution >= 4 is 22.5 Å². The lowest BCUT2D eigenvalue weighted by Gasteiger charge is -2.17. The van der Waals surface area contributed by atoms with Crippen LogP contribution in [0.1, 0.15) is 18.5 Å². The van der Waals surface area contributed by atoms with Gasteiger partial charge in [0, 0.05) is 11.9 Å². The van der Waals surface area contributed by atoms with Crippen LogP contribution in [0.25, 0.3) is 10.8 Å². The molecule has 0 saturated heterocycles. The Morgan fingerprint density at radius 2 is 1.72 bits per heavy atom. The molecular weight excluding hydrogens is 328 g/mol. The van der Waals surface area contributed by atoms with E-state index in [0.29, 0.717) is 11.3 Å². The molecule has 0 saturated carbocycles. The summed E-state index contributed by atoms with van der Waals surface area (Å²) < 4.78 is 27.0. The van der Waals surface area contributed by atoms with Gasteiger partial charge < -0.3 is 15.6 Å². The Morgan fingerprint density at radius 3 is 2.40 bits per heavy atom. The van der Waals surface area contributed by atoms with E-state index >= 15 is 0 Å². The molecule has 1 heterocycles. The predicted octanol–water partition coefficient (Wildman–Crippen LogP) is 3.69. The van der Waals surface area contributed by atoms with E-state index in [0.717, 1.165) is 12.1 Å². The van der Waals surface area contributed by atoms with E-state index in [1.54, 1.807) is 31.2 Å². The summed E-state index contributed by atoms with van der Waals surface area (Å²) in [5.74, 6) is -2.15. The molecule has 25 heavy (non-hydrogen) atoms. The van der Waals surface area contributed by atoms with Gasteiger partial charge in [-0.2, -0.15) is 0 Å². The fraction of sp³-hybridized carbons (Fsp3) is 0.111. The first kappa shape index (κ1) is 16.6. The highest BCUT2D eigenvalue weighted by molar-refractivity contribution is 5.90. The van der Waals surface area contributed by atoms with Crippen molar-refractivity contribution < 1.29 is 13.6 Å². The average molecular weight is 343 g/mol. The lowest BCUT2D eigenvalue weighted by Crippen LogP contribution is -2.31. The summed E-state index contributed by atoms with van der Waals surface area (Å²) in [6.07, 6.45) is 1.38. The Labute approximate surface area is 141 Å². The van der Waals surface area contributed by atoms with Crippen LogP contribution in [0.5, 0.6) is 0 Å². The molecule has 1 unspecified atom stereocenters. The monoisotopic (exact) mass is 343 g/mol. The highest BCUT2D eigenvalue weighted by atomic mass is 19.2. The number of fused-ring (bicyclic) bond motifs is 1. The first-order chi connectivity index (χ1) is 12.0. The van der Waals surface area contributed by atoms with Crippen LogP contribution >= 0.6 is 0 Å². The van der Waals surface area contributed by atoms with E-state index < -0.39 is 29.3 Å². The average Bonchev–Trinajstić information content (AvgIpc) is 2.57. The van der Waals surface area contributed by atoms with Crippen molar-refractivity contribution in [3.8, 4) is 0 Å². The standard InChI is InChI=1S/C18H15F2N3O2/c1-10(22-18(25)23-11-5-3-2-4-6-11)14-9-21-17(24)13-8-16(20)15(19)7-12(13)14/h2-10H,1H3,(H,21,24)(H2,22,23,25). The number of halogens is 2. The van der Waals surface area contributed by atoms with Gasteiger partial charge in [-0.15, -0.1) is 0 Å². The van der Waals surface area contributed by atoms with Gasteiger partial charge in [0.1, 0.15) is 0 Å². The molecule has 2 aromatic carbocycles. The SMILES string of the molecule is CC(NC(=O)Nc1ccccc1)c1c[nH]c(=O)c2cc(F)c(F)cc12. The summed E-state index contributed by atoms with van der Waals surface area (Å²) in [4.78, 5) is 26.4. The summed E-state index contributed by atoms with van der Waals surface area (Å²) in [5, 5.41) is 5.64. The van der Waals surface area contributed by atoms with Crippen molar-refractivity contribution in [1.29, 1.82) is 0 Å². The molecule has 0 aliphatic carbocycles. The molecule has 0 aliphatic rings. The molecule has 0 radical (unpaired) electrons. The molecule has 0 spiro atoms. The van der Waals surface area contributed by atoms with Crippen molar-refractivity contribution in [2.24, 2.45) is 0 Å². The third-order valence-corrected chi connectivity index (χ3v) is 3.82. The van der Waals surface area contributed by atoms with Crippen LogP contribution in [-0.2, 0) is 0 Å². The van der Waals surface area contributed by atoms with Gasteiger partial charge in [-0.25, -0.2) is 13.6 Å². The fourth-order valence-corrected chi connectivity index (χ4v) is 2.59. The molecule has 1 atom stereocenters. The third kappa shape index (κ3) is 3.50. The zero-order chi connectivity index (χ0) is 18.0. The minimum atomic E-state index is -1.10. The van der Waals surface area contributed by atoms with Gasteiger partial charge in [-0.05, 0) is 42.1 Å². The maximum Gasteiger partial charge on any atom is 0.319 e. The number of pyridine rings is 1. The summed E-state index contributed by atoms with van der Waals surface area (Å²) in [7, 11) is 0. The van der Waals surface area contributed by atoms with Crippen LogP contribution in [0, 0.1) is 11.6 Å². The number of aromatic nitrogens is 1. The molecule has 2 amide bonds. The zero-order valence-corrected chi connectivity index (χ0v) is 13.3. The summed E-state index contributed by atoms with van der Waals surface area (Å²) in [6, 6.07) is 9.67. The Bertz CT molecular complexity index is 987.